The third-order valence-corrected chi connectivity index (χ3v) is 4.52. The fourth-order valence-electron chi connectivity index (χ4n) is 1.93. The van der Waals surface area contributed by atoms with Gasteiger partial charge in [-0.15, -0.1) is 23.1 Å². The molecule has 2 aromatic heterocycles. The van der Waals surface area contributed by atoms with Crippen molar-refractivity contribution in [1.82, 2.24) is 15.0 Å². The van der Waals surface area contributed by atoms with Crippen LogP contribution >= 0.6 is 23.1 Å². The maximum atomic E-state index is 12.5. The molecule has 2 heterocycles. The Bertz CT molecular complexity index is 704. The lowest BCUT2D eigenvalue weighted by molar-refractivity contribution is 0.102. The number of anilines is 1. The summed E-state index contributed by atoms with van der Waals surface area (Å²) in [5.41, 5.74) is 2.13. The van der Waals surface area contributed by atoms with Gasteiger partial charge < -0.3 is 0 Å². The minimum absolute atomic E-state index is 0.0349. The minimum Gasteiger partial charge on any atom is -0.298 e. The Morgan fingerprint density at radius 2 is 1.91 bits per heavy atom. The van der Waals surface area contributed by atoms with Gasteiger partial charge >= 0.3 is 0 Å². The van der Waals surface area contributed by atoms with E-state index in [0.29, 0.717) is 27.2 Å². The maximum absolute atomic E-state index is 12.5. The summed E-state index contributed by atoms with van der Waals surface area (Å²) in [4.78, 5) is 25.7. The third-order valence-electron chi connectivity index (χ3n) is 3.08. The highest BCUT2D eigenvalue weighted by molar-refractivity contribution is 7.98. The number of carbonyl (C=O) groups is 1. The van der Waals surface area contributed by atoms with Crippen molar-refractivity contribution in [3.05, 3.63) is 28.2 Å². The molecule has 0 bridgehead atoms. The second-order valence-electron chi connectivity index (χ2n) is 5.98. The van der Waals surface area contributed by atoms with E-state index in [2.05, 4.69) is 41.0 Å². The van der Waals surface area contributed by atoms with Crippen LogP contribution in [-0.2, 0) is 5.41 Å². The monoisotopic (exact) mass is 336 g/mol. The lowest BCUT2D eigenvalue weighted by Gasteiger charge is -2.14. The quantitative estimate of drug-likeness (QED) is 0.681. The molecular formula is C15H20N4OS2. The SMILES string of the molecule is CSc1nc(C)nc(C)c1C(=O)Nc1nc(C(C)(C)C)cs1. The van der Waals surface area contributed by atoms with E-state index in [-0.39, 0.29) is 11.3 Å². The Labute approximate surface area is 139 Å². The molecule has 1 amide bonds. The molecule has 118 valence electrons. The average Bonchev–Trinajstić information content (AvgIpc) is 2.85. The fourth-order valence-corrected chi connectivity index (χ4v) is 3.53. The van der Waals surface area contributed by atoms with Crippen molar-refractivity contribution in [1.29, 1.82) is 0 Å². The summed E-state index contributed by atoms with van der Waals surface area (Å²) < 4.78 is 0. The first kappa shape index (κ1) is 16.9. The highest BCUT2D eigenvalue weighted by atomic mass is 32.2. The summed E-state index contributed by atoms with van der Waals surface area (Å²) in [6.45, 7) is 9.93. The summed E-state index contributed by atoms with van der Waals surface area (Å²) in [7, 11) is 0. The number of amides is 1. The zero-order valence-electron chi connectivity index (χ0n) is 13.6. The van der Waals surface area contributed by atoms with E-state index in [0.717, 1.165) is 5.69 Å². The predicted octanol–water partition coefficient (Wildman–Crippen LogP) is 3.82. The van der Waals surface area contributed by atoms with E-state index in [1.807, 2.05) is 25.5 Å². The topological polar surface area (TPSA) is 67.8 Å². The van der Waals surface area contributed by atoms with E-state index in [1.165, 1.54) is 23.1 Å². The van der Waals surface area contributed by atoms with Crippen molar-refractivity contribution in [2.75, 3.05) is 11.6 Å². The molecule has 5 nitrogen and oxygen atoms in total. The number of thioether (sulfide) groups is 1. The summed E-state index contributed by atoms with van der Waals surface area (Å²) >= 11 is 2.87. The van der Waals surface area contributed by atoms with Gasteiger partial charge in [0.1, 0.15) is 10.9 Å². The van der Waals surface area contributed by atoms with Gasteiger partial charge in [-0.05, 0) is 20.1 Å². The number of hydrogen-bond donors (Lipinski definition) is 1. The van der Waals surface area contributed by atoms with Crippen molar-refractivity contribution in [3.63, 3.8) is 0 Å². The molecule has 2 rings (SSSR count). The van der Waals surface area contributed by atoms with Gasteiger partial charge in [0.25, 0.3) is 5.91 Å². The van der Waals surface area contributed by atoms with Crippen LogP contribution in [0, 0.1) is 13.8 Å². The molecular weight excluding hydrogens is 316 g/mol. The van der Waals surface area contributed by atoms with Crippen LogP contribution in [0.4, 0.5) is 5.13 Å². The van der Waals surface area contributed by atoms with E-state index >= 15 is 0 Å². The van der Waals surface area contributed by atoms with Gasteiger partial charge in [0.2, 0.25) is 0 Å². The van der Waals surface area contributed by atoms with Crippen LogP contribution < -0.4 is 5.32 Å². The van der Waals surface area contributed by atoms with Crippen molar-refractivity contribution in [2.45, 2.75) is 45.1 Å². The molecule has 0 aliphatic rings. The Morgan fingerprint density at radius 3 is 2.45 bits per heavy atom. The molecule has 0 spiro atoms. The molecule has 0 aliphatic carbocycles. The van der Waals surface area contributed by atoms with Crippen molar-refractivity contribution in [3.8, 4) is 0 Å². The fraction of sp³-hybridized carbons (Fsp3) is 0.467. The normalized spacial score (nSPS) is 11.5. The van der Waals surface area contributed by atoms with Crippen LogP contribution in [0.25, 0.3) is 0 Å². The second-order valence-corrected chi connectivity index (χ2v) is 7.64. The lowest BCUT2D eigenvalue weighted by Crippen LogP contribution is -2.17. The summed E-state index contributed by atoms with van der Waals surface area (Å²) in [6, 6.07) is 0. The Hall–Kier alpha value is -1.47. The lowest BCUT2D eigenvalue weighted by atomic mass is 9.93. The van der Waals surface area contributed by atoms with Gasteiger partial charge in [0, 0.05) is 10.8 Å². The molecule has 0 radical (unpaired) electrons. The molecule has 0 aromatic carbocycles. The van der Waals surface area contributed by atoms with Gasteiger partial charge in [-0.2, -0.15) is 0 Å². The highest BCUT2D eigenvalue weighted by Gasteiger charge is 2.21. The van der Waals surface area contributed by atoms with Gasteiger partial charge in [-0.25, -0.2) is 15.0 Å². The number of thiazole rings is 1. The smallest absolute Gasteiger partial charge is 0.262 e. The standard InChI is InChI=1S/C15H20N4OS2/c1-8-11(13(21-6)17-9(2)16-8)12(20)19-14-18-10(7-22-14)15(3,4)5/h7H,1-6H3,(H,18,19,20). The molecule has 0 unspecified atom stereocenters. The number of rotatable bonds is 3. The number of carbonyl (C=O) groups excluding carboxylic acids is 1. The van der Waals surface area contributed by atoms with E-state index < -0.39 is 0 Å². The number of nitrogens with one attached hydrogen (secondary N) is 1. The Kier molecular flexibility index (Phi) is 4.87. The summed E-state index contributed by atoms with van der Waals surface area (Å²) in [6.07, 6.45) is 1.90. The van der Waals surface area contributed by atoms with Crippen LogP contribution in [0.5, 0.6) is 0 Å². The number of aromatic nitrogens is 3. The Balaban J connectivity index is 2.28. The molecule has 0 aliphatic heterocycles. The van der Waals surface area contributed by atoms with E-state index in [1.54, 1.807) is 0 Å². The second kappa shape index (κ2) is 6.34. The van der Waals surface area contributed by atoms with Crippen molar-refractivity contribution >= 4 is 34.1 Å². The molecule has 0 saturated carbocycles. The van der Waals surface area contributed by atoms with Gasteiger partial charge in [-0.3, -0.25) is 10.1 Å². The third kappa shape index (κ3) is 3.64. The first-order valence-corrected chi connectivity index (χ1v) is 8.99. The zero-order valence-corrected chi connectivity index (χ0v) is 15.3. The summed E-state index contributed by atoms with van der Waals surface area (Å²) in [5.74, 6) is 0.458. The number of nitrogens with zero attached hydrogens (tertiary/aromatic N) is 3. The van der Waals surface area contributed by atoms with Gasteiger partial charge in [-0.1, -0.05) is 20.8 Å². The average molecular weight is 336 g/mol. The summed E-state index contributed by atoms with van der Waals surface area (Å²) in [5, 5.41) is 6.13. The molecule has 7 heteroatoms. The molecule has 0 atom stereocenters. The molecule has 1 N–H and O–H groups in total. The van der Waals surface area contributed by atoms with E-state index in [4.69, 9.17) is 0 Å². The molecule has 2 aromatic rings. The van der Waals surface area contributed by atoms with E-state index in [9.17, 15) is 4.79 Å². The Morgan fingerprint density at radius 1 is 1.23 bits per heavy atom. The molecule has 22 heavy (non-hydrogen) atoms. The number of hydrogen-bond acceptors (Lipinski definition) is 6. The largest absolute Gasteiger partial charge is 0.298 e. The van der Waals surface area contributed by atoms with Crippen LogP contribution in [0.15, 0.2) is 10.4 Å². The van der Waals surface area contributed by atoms with Crippen molar-refractivity contribution in [2.24, 2.45) is 0 Å². The van der Waals surface area contributed by atoms with Crippen molar-refractivity contribution < 1.29 is 4.79 Å². The molecule has 0 fully saturated rings. The first-order valence-electron chi connectivity index (χ1n) is 6.89. The maximum Gasteiger partial charge on any atom is 0.262 e. The van der Waals surface area contributed by atoms with Crippen LogP contribution in [0.1, 0.15) is 48.3 Å². The zero-order chi connectivity index (χ0) is 16.5. The number of aryl methyl sites for hydroxylation is 2. The first-order chi connectivity index (χ1) is 10.2. The minimum atomic E-state index is -0.211. The molecule has 0 saturated heterocycles. The van der Waals surface area contributed by atoms with Crippen LogP contribution in [0.3, 0.4) is 0 Å². The van der Waals surface area contributed by atoms with Crippen LogP contribution in [-0.4, -0.2) is 27.1 Å². The van der Waals surface area contributed by atoms with Gasteiger partial charge in [0.15, 0.2) is 5.13 Å². The highest BCUT2D eigenvalue weighted by Crippen LogP contribution is 2.27. The van der Waals surface area contributed by atoms with Gasteiger partial charge in [0.05, 0.1) is 17.0 Å². The van der Waals surface area contributed by atoms with Crippen LogP contribution in [0.2, 0.25) is 0 Å². The predicted molar refractivity (Wildman–Crippen MR) is 92.1 cm³/mol.